The lowest BCUT2D eigenvalue weighted by molar-refractivity contribution is -0.141. The van der Waals surface area contributed by atoms with Gasteiger partial charge in [0, 0.05) is 42.6 Å². The first-order valence-corrected chi connectivity index (χ1v) is 14.7. The molecule has 2 fully saturated rings. The first-order valence-electron chi connectivity index (χ1n) is 13.6. The summed E-state index contributed by atoms with van der Waals surface area (Å²) in [6.45, 7) is 2.86. The normalized spacial score (nSPS) is 19.2. The number of rotatable bonds is 12. The summed E-state index contributed by atoms with van der Waals surface area (Å²) in [6.07, 6.45) is 8.53. The highest BCUT2D eigenvalue weighted by Crippen LogP contribution is 2.44. The van der Waals surface area contributed by atoms with E-state index in [4.69, 9.17) is 4.74 Å². The Morgan fingerprint density at radius 3 is 2.68 bits per heavy atom. The maximum absolute atomic E-state index is 16.1. The molecule has 37 heavy (non-hydrogen) atoms. The number of ether oxygens (including phenoxy) is 1. The first kappa shape index (κ1) is 28.0. The molecule has 2 aromatic rings. The van der Waals surface area contributed by atoms with Gasteiger partial charge < -0.3 is 19.6 Å². The number of alkyl halides is 1. The minimum atomic E-state index is -1.22. The van der Waals surface area contributed by atoms with Gasteiger partial charge in [-0.05, 0) is 75.2 Å². The van der Waals surface area contributed by atoms with Gasteiger partial charge in [0.1, 0.15) is 11.9 Å². The monoisotopic (exact) mass is 531 g/mol. The number of aromatic nitrogens is 1. The molecule has 0 radical (unpaired) electrons. The van der Waals surface area contributed by atoms with Crippen LogP contribution in [0, 0.1) is 5.41 Å². The van der Waals surface area contributed by atoms with Gasteiger partial charge in [-0.2, -0.15) is 11.8 Å². The van der Waals surface area contributed by atoms with E-state index in [0.29, 0.717) is 24.2 Å². The van der Waals surface area contributed by atoms with E-state index in [2.05, 4.69) is 21.6 Å². The zero-order chi connectivity index (χ0) is 26.4. The van der Waals surface area contributed by atoms with Gasteiger partial charge in [-0.15, -0.1) is 0 Å². The highest BCUT2D eigenvalue weighted by atomic mass is 32.2. The zero-order valence-electron chi connectivity index (χ0n) is 22.5. The Balaban J connectivity index is 1.44. The Hall–Kier alpha value is -2.06. The highest BCUT2D eigenvalue weighted by molar-refractivity contribution is 7.99. The average molecular weight is 532 g/mol. The third-order valence-corrected chi connectivity index (χ3v) is 9.69. The first-order chi connectivity index (χ1) is 17.8. The lowest BCUT2D eigenvalue weighted by atomic mass is 9.71. The molecule has 1 aromatic heterocycles. The predicted octanol–water partition coefficient (Wildman–Crippen LogP) is 6.33. The van der Waals surface area contributed by atoms with Crippen LogP contribution in [0.2, 0.25) is 0 Å². The van der Waals surface area contributed by atoms with Gasteiger partial charge in [0.25, 0.3) is 0 Å². The minimum absolute atomic E-state index is 0.107. The van der Waals surface area contributed by atoms with Crippen LogP contribution in [0.15, 0.2) is 24.4 Å². The molecule has 1 saturated carbocycles. The number of carboxylic acids is 1. The molecule has 1 N–H and O–H groups in total. The molecule has 1 atom stereocenters. The number of benzene rings is 1. The van der Waals surface area contributed by atoms with Crippen molar-refractivity contribution in [2.45, 2.75) is 69.2 Å². The average Bonchev–Trinajstić information content (AvgIpc) is 3.40. The molecule has 204 valence electrons. The maximum Gasteiger partial charge on any atom is 0.303 e. The summed E-state index contributed by atoms with van der Waals surface area (Å²) in [5, 5.41) is 11.3. The second-order valence-corrected chi connectivity index (χ2v) is 12.4. The van der Waals surface area contributed by atoms with E-state index in [1.807, 2.05) is 37.2 Å². The largest absolute Gasteiger partial charge is 0.497 e. The standard InChI is InChI=1S/C29H42FN3O3S/c1-32(2)26-20-31-25-9-8-21(36-3)18-23(25)28(26)24(30)10-11-29(19-27(34)35)12-14-33(15-13-29)16-17-37-22-6-4-5-7-22/h8-9,18,20,22,24H,4-7,10-17,19H2,1-3H3,(H,34,35)/t24-/m1/s1. The van der Waals surface area contributed by atoms with Crippen molar-refractivity contribution in [3.8, 4) is 5.75 Å². The van der Waals surface area contributed by atoms with Crippen LogP contribution < -0.4 is 9.64 Å². The van der Waals surface area contributed by atoms with Gasteiger partial charge >= 0.3 is 5.97 Å². The van der Waals surface area contributed by atoms with Crippen molar-refractivity contribution in [1.29, 1.82) is 0 Å². The van der Waals surface area contributed by atoms with Crippen molar-refractivity contribution in [1.82, 2.24) is 9.88 Å². The van der Waals surface area contributed by atoms with Crippen LogP contribution in [-0.2, 0) is 4.79 Å². The van der Waals surface area contributed by atoms with Crippen LogP contribution in [0.4, 0.5) is 10.1 Å². The van der Waals surface area contributed by atoms with E-state index in [0.717, 1.165) is 60.1 Å². The summed E-state index contributed by atoms with van der Waals surface area (Å²) in [5.74, 6) is 1.03. The molecular weight excluding hydrogens is 489 g/mol. The molecule has 2 heterocycles. The van der Waals surface area contributed by atoms with Gasteiger partial charge in [0.2, 0.25) is 0 Å². The molecule has 2 aliphatic rings. The van der Waals surface area contributed by atoms with Gasteiger partial charge in [-0.25, -0.2) is 4.39 Å². The van der Waals surface area contributed by atoms with Gasteiger partial charge in [0.15, 0.2) is 0 Å². The summed E-state index contributed by atoms with van der Waals surface area (Å²) >= 11 is 2.10. The second kappa shape index (κ2) is 12.7. The van der Waals surface area contributed by atoms with Gasteiger partial charge in [-0.3, -0.25) is 9.78 Å². The summed E-state index contributed by atoms with van der Waals surface area (Å²) in [6, 6.07) is 5.55. The third-order valence-electron chi connectivity index (χ3n) is 8.33. The van der Waals surface area contributed by atoms with Gasteiger partial charge in [-0.1, -0.05) is 12.8 Å². The molecule has 0 bridgehead atoms. The fourth-order valence-corrected chi connectivity index (χ4v) is 7.43. The van der Waals surface area contributed by atoms with E-state index in [1.54, 1.807) is 13.3 Å². The quantitative estimate of drug-likeness (QED) is 0.343. The van der Waals surface area contributed by atoms with Crippen LogP contribution in [0.5, 0.6) is 5.75 Å². The number of hydrogen-bond donors (Lipinski definition) is 1. The van der Waals surface area contributed by atoms with E-state index in [-0.39, 0.29) is 11.8 Å². The number of carboxylic acid groups (broad SMARTS) is 1. The number of aliphatic carboxylic acids is 1. The van der Waals surface area contributed by atoms with E-state index in [1.165, 1.54) is 25.7 Å². The Morgan fingerprint density at radius 1 is 1.30 bits per heavy atom. The number of likely N-dealkylation sites (tertiary alicyclic amines) is 1. The van der Waals surface area contributed by atoms with Crippen molar-refractivity contribution in [3.63, 3.8) is 0 Å². The smallest absolute Gasteiger partial charge is 0.303 e. The van der Waals surface area contributed by atoms with Crippen LogP contribution in [-0.4, -0.2) is 72.8 Å². The van der Waals surface area contributed by atoms with Crippen LogP contribution >= 0.6 is 11.8 Å². The predicted molar refractivity (Wildman–Crippen MR) is 151 cm³/mol. The number of fused-ring (bicyclic) bond motifs is 1. The van der Waals surface area contributed by atoms with Crippen molar-refractivity contribution < 1.29 is 19.0 Å². The topological polar surface area (TPSA) is 65.9 Å². The number of carbonyl (C=O) groups is 1. The Labute approximate surface area is 224 Å². The fraction of sp³-hybridized carbons (Fsp3) is 0.655. The molecular formula is C29H42FN3O3S. The Morgan fingerprint density at radius 2 is 2.03 bits per heavy atom. The lowest BCUT2D eigenvalue weighted by Crippen LogP contribution is -2.42. The number of thioether (sulfide) groups is 1. The molecule has 1 aromatic carbocycles. The van der Waals surface area contributed by atoms with Crippen molar-refractivity contribution in [2.75, 3.05) is 51.5 Å². The molecule has 6 nitrogen and oxygen atoms in total. The van der Waals surface area contributed by atoms with E-state index in [9.17, 15) is 9.90 Å². The minimum Gasteiger partial charge on any atom is -0.497 e. The van der Waals surface area contributed by atoms with Crippen molar-refractivity contribution >= 4 is 34.3 Å². The summed E-state index contributed by atoms with van der Waals surface area (Å²) in [7, 11) is 5.39. The Bertz CT molecular complexity index is 1050. The molecule has 8 heteroatoms. The maximum atomic E-state index is 16.1. The molecule has 4 rings (SSSR count). The number of hydrogen-bond acceptors (Lipinski definition) is 6. The molecule has 0 spiro atoms. The molecule has 1 aliphatic carbocycles. The lowest BCUT2D eigenvalue weighted by Gasteiger charge is -2.41. The number of methoxy groups -OCH3 is 1. The number of piperidine rings is 1. The van der Waals surface area contributed by atoms with E-state index < -0.39 is 12.1 Å². The number of anilines is 1. The van der Waals surface area contributed by atoms with Crippen molar-refractivity contribution in [3.05, 3.63) is 30.0 Å². The summed E-state index contributed by atoms with van der Waals surface area (Å²) in [5.41, 5.74) is 1.73. The number of pyridine rings is 1. The third kappa shape index (κ3) is 7.08. The second-order valence-electron chi connectivity index (χ2n) is 11.0. The highest BCUT2D eigenvalue weighted by Gasteiger charge is 2.37. The summed E-state index contributed by atoms with van der Waals surface area (Å²) < 4.78 is 21.5. The van der Waals surface area contributed by atoms with Crippen molar-refractivity contribution in [2.24, 2.45) is 5.41 Å². The molecule has 0 unspecified atom stereocenters. The fourth-order valence-electron chi connectivity index (χ4n) is 6.06. The van der Waals surface area contributed by atoms with Crippen LogP contribution in [0.25, 0.3) is 10.9 Å². The summed E-state index contributed by atoms with van der Waals surface area (Å²) in [4.78, 5) is 20.7. The molecule has 0 amide bonds. The molecule has 1 saturated heterocycles. The number of halogens is 1. The van der Waals surface area contributed by atoms with E-state index >= 15 is 4.39 Å². The SMILES string of the molecule is COc1ccc2ncc(N(C)C)c([C@H](F)CCC3(CC(=O)O)CCN(CCSC4CCCC4)CC3)c2c1. The molecule has 1 aliphatic heterocycles. The van der Waals surface area contributed by atoms with Crippen LogP contribution in [0.3, 0.4) is 0 Å². The van der Waals surface area contributed by atoms with Crippen LogP contribution in [0.1, 0.15) is 69.5 Å². The number of nitrogens with zero attached hydrogens (tertiary/aromatic N) is 3. The zero-order valence-corrected chi connectivity index (χ0v) is 23.4. The van der Waals surface area contributed by atoms with Gasteiger partial charge in [0.05, 0.1) is 30.9 Å². The Kier molecular flexibility index (Phi) is 9.57.